The molecule has 0 saturated heterocycles. The van der Waals surface area contributed by atoms with E-state index in [4.69, 9.17) is 9.84 Å². The molecule has 17 heavy (non-hydrogen) atoms. The Hall–Kier alpha value is -1.82. The summed E-state index contributed by atoms with van der Waals surface area (Å²) in [4.78, 5) is 10.4. The molecule has 0 unspecified atom stereocenters. The Morgan fingerprint density at radius 2 is 1.94 bits per heavy atom. The van der Waals surface area contributed by atoms with Gasteiger partial charge in [0, 0.05) is 0 Å². The number of ether oxygens (including phenoxy) is 1. The Morgan fingerprint density at radius 3 is 2.41 bits per heavy atom. The molecule has 0 saturated carbocycles. The summed E-state index contributed by atoms with van der Waals surface area (Å²) < 4.78 is 28.1. The van der Waals surface area contributed by atoms with Gasteiger partial charge in [0.05, 0.1) is 10.6 Å². The van der Waals surface area contributed by atoms with E-state index in [9.17, 15) is 13.2 Å². The van der Waals surface area contributed by atoms with Crippen LogP contribution in [0.4, 0.5) is 0 Å². The number of carboxylic acid groups (broad SMARTS) is 1. The van der Waals surface area contributed by atoms with Crippen LogP contribution in [0.15, 0.2) is 41.8 Å². The standard InChI is InChI=1S/C11H12O5S/c1-2-7-17(14,15)10-5-3-9(4-6-10)16-8-11(12)13/h2-6H,1,7-8H2,(H,12,13). The maximum Gasteiger partial charge on any atom is 0.341 e. The smallest absolute Gasteiger partial charge is 0.341 e. The predicted octanol–water partition coefficient (Wildman–Crippen LogP) is 1.11. The lowest BCUT2D eigenvalue weighted by molar-refractivity contribution is -0.139. The SMILES string of the molecule is C=CCS(=O)(=O)c1ccc(OCC(=O)O)cc1. The summed E-state index contributed by atoms with van der Waals surface area (Å²) in [6.45, 7) is 2.91. The molecular formula is C11H12O5S. The van der Waals surface area contributed by atoms with E-state index in [1.807, 2.05) is 0 Å². The monoisotopic (exact) mass is 256 g/mol. The van der Waals surface area contributed by atoms with Crippen LogP contribution in [0.2, 0.25) is 0 Å². The topological polar surface area (TPSA) is 80.7 Å². The lowest BCUT2D eigenvalue weighted by Crippen LogP contribution is -2.09. The molecule has 1 aromatic rings. The molecule has 1 aromatic carbocycles. The minimum absolute atomic E-state index is 0.137. The molecule has 0 aliphatic carbocycles. The van der Waals surface area contributed by atoms with Gasteiger partial charge in [0.25, 0.3) is 0 Å². The van der Waals surface area contributed by atoms with E-state index < -0.39 is 22.4 Å². The summed E-state index contributed by atoms with van der Waals surface area (Å²) in [7, 11) is -3.35. The molecular weight excluding hydrogens is 244 g/mol. The Balaban J connectivity index is 2.81. The largest absolute Gasteiger partial charge is 0.482 e. The molecule has 6 heteroatoms. The Labute approximate surface area is 99.3 Å². The van der Waals surface area contributed by atoms with Crippen LogP contribution in [0, 0.1) is 0 Å². The third-order valence-electron chi connectivity index (χ3n) is 1.88. The average molecular weight is 256 g/mol. The van der Waals surface area contributed by atoms with E-state index in [0.29, 0.717) is 5.75 Å². The van der Waals surface area contributed by atoms with Crippen LogP contribution in [-0.2, 0) is 14.6 Å². The Morgan fingerprint density at radius 1 is 1.35 bits per heavy atom. The number of carbonyl (C=O) groups is 1. The molecule has 0 radical (unpaired) electrons. The first kappa shape index (κ1) is 13.2. The van der Waals surface area contributed by atoms with Crippen molar-refractivity contribution in [2.45, 2.75) is 4.90 Å². The number of hydrogen-bond acceptors (Lipinski definition) is 4. The third-order valence-corrected chi connectivity index (χ3v) is 3.55. The van der Waals surface area contributed by atoms with Crippen molar-refractivity contribution < 1.29 is 23.1 Å². The summed E-state index contributed by atoms with van der Waals surface area (Å²) in [5, 5.41) is 8.40. The molecule has 0 fully saturated rings. The van der Waals surface area contributed by atoms with E-state index in [2.05, 4.69) is 6.58 Å². The van der Waals surface area contributed by atoms with Crippen LogP contribution in [-0.4, -0.2) is 31.9 Å². The van der Waals surface area contributed by atoms with Crippen LogP contribution in [0.3, 0.4) is 0 Å². The van der Waals surface area contributed by atoms with Crippen LogP contribution < -0.4 is 4.74 Å². The van der Waals surface area contributed by atoms with E-state index in [1.54, 1.807) is 0 Å². The third kappa shape index (κ3) is 3.92. The zero-order chi connectivity index (χ0) is 12.9. The number of aliphatic carboxylic acids is 1. The minimum atomic E-state index is -3.35. The molecule has 0 spiro atoms. The quantitative estimate of drug-likeness (QED) is 0.771. The molecule has 1 rings (SSSR count). The molecule has 0 aliphatic rings. The maximum atomic E-state index is 11.6. The normalized spacial score (nSPS) is 10.8. The van der Waals surface area contributed by atoms with Crippen LogP contribution in [0.5, 0.6) is 5.75 Å². The van der Waals surface area contributed by atoms with E-state index >= 15 is 0 Å². The second-order valence-corrected chi connectivity index (χ2v) is 5.26. The first-order valence-electron chi connectivity index (χ1n) is 4.74. The van der Waals surface area contributed by atoms with Gasteiger partial charge in [-0.3, -0.25) is 0 Å². The van der Waals surface area contributed by atoms with Crippen molar-refractivity contribution in [1.82, 2.24) is 0 Å². The van der Waals surface area contributed by atoms with Crippen molar-refractivity contribution in [2.24, 2.45) is 0 Å². The Bertz CT molecular complexity index is 501. The molecule has 0 heterocycles. The number of sulfone groups is 1. The van der Waals surface area contributed by atoms with Gasteiger partial charge in [-0.05, 0) is 24.3 Å². The van der Waals surface area contributed by atoms with Gasteiger partial charge in [0.15, 0.2) is 16.4 Å². The van der Waals surface area contributed by atoms with Gasteiger partial charge in [-0.2, -0.15) is 0 Å². The summed E-state index contributed by atoms with van der Waals surface area (Å²) in [6, 6.07) is 5.57. The molecule has 92 valence electrons. The number of benzene rings is 1. The molecule has 5 nitrogen and oxygen atoms in total. The van der Waals surface area contributed by atoms with Crippen LogP contribution >= 0.6 is 0 Å². The van der Waals surface area contributed by atoms with Crippen LogP contribution in [0.1, 0.15) is 0 Å². The van der Waals surface area contributed by atoms with Gasteiger partial charge < -0.3 is 9.84 Å². The average Bonchev–Trinajstić information content (AvgIpc) is 2.27. The molecule has 0 atom stereocenters. The van der Waals surface area contributed by atoms with Gasteiger partial charge >= 0.3 is 5.97 Å². The highest BCUT2D eigenvalue weighted by molar-refractivity contribution is 7.91. The van der Waals surface area contributed by atoms with Gasteiger partial charge in [-0.25, -0.2) is 13.2 Å². The van der Waals surface area contributed by atoms with Gasteiger partial charge in [-0.15, -0.1) is 6.58 Å². The fourth-order valence-electron chi connectivity index (χ4n) is 1.14. The summed E-state index contributed by atoms with van der Waals surface area (Å²) >= 11 is 0. The lowest BCUT2D eigenvalue weighted by atomic mass is 10.3. The van der Waals surface area contributed by atoms with Gasteiger partial charge in [-0.1, -0.05) is 6.08 Å². The number of carboxylic acids is 1. The van der Waals surface area contributed by atoms with Crippen molar-refractivity contribution in [2.75, 3.05) is 12.4 Å². The van der Waals surface area contributed by atoms with Crippen molar-refractivity contribution in [3.05, 3.63) is 36.9 Å². The van der Waals surface area contributed by atoms with Crippen LogP contribution in [0.25, 0.3) is 0 Å². The molecule has 0 amide bonds. The fraction of sp³-hybridized carbons (Fsp3) is 0.182. The van der Waals surface area contributed by atoms with Crippen molar-refractivity contribution in [3.63, 3.8) is 0 Å². The highest BCUT2D eigenvalue weighted by Crippen LogP contribution is 2.17. The molecule has 0 aromatic heterocycles. The zero-order valence-corrected chi connectivity index (χ0v) is 9.81. The van der Waals surface area contributed by atoms with E-state index in [1.165, 1.54) is 30.3 Å². The second kappa shape index (κ2) is 5.49. The molecule has 0 bridgehead atoms. The molecule has 0 aliphatic heterocycles. The first-order valence-corrected chi connectivity index (χ1v) is 6.39. The van der Waals surface area contributed by atoms with Gasteiger partial charge in [0.2, 0.25) is 0 Å². The fourth-order valence-corrected chi connectivity index (χ4v) is 2.19. The Kier molecular flexibility index (Phi) is 4.28. The number of rotatable bonds is 6. The highest BCUT2D eigenvalue weighted by Gasteiger charge is 2.12. The number of hydrogen-bond donors (Lipinski definition) is 1. The summed E-state index contributed by atoms with van der Waals surface area (Å²) in [5.41, 5.74) is 0. The predicted molar refractivity (Wildman–Crippen MR) is 61.8 cm³/mol. The van der Waals surface area contributed by atoms with Crippen molar-refractivity contribution in [1.29, 1.82) is 0 Å². The second-order valence-electron chi connectivity index (χ2n) is 3.22. The summed E-state index contributed by atoms with van der Waals surface area (Å²) in [6.07, 6.45) is 1.31. The first-order chi connectivity index (χ1) is 7.95. The summed E-state index contributed by atoms with van der Waals surface area (Å²) in [5.74, 6) is -0.916. The van der Waals surface area contributed by atoms with Gasteiger partial charge in [0.1, 0.15) is 5.75 Å². The lowest BCUT2D eigenvalue weighted by Gasteiger charge is -2.05. The van der Waals surface area contributed by atoms with Crippen molar-refractivity contribution in [3.8, 4) is 5.75 Å². The van der Waals surface area contributed by atoms with Crippen molar-refractivity contribution >= 4 is 15.8 Å². The highest BCUT2D eigenvalue weighted by atomic mass is 32.2. The van der Waals surface area contributed by atoms with E-state index in [-0.39, 0.29) is 10.6 Å². The zero-order valence-electron chi connectivity index (χ0n) is 9.00. The minimum Gasteiger partial charge on any atom is -0.482 e. The maximum absolute atomic E-state index is 11.6. The van der Waals surface area contributed by atoms with E-state index in [0.717, 1.165) is 0 Å². The molecule has 1 N–H and O–H groups in total.